The van der Waals surface area contributed by atoms with Crippen LogP contribution in [0, 0.1) is 11.6 Å². The third-order valence-corrected chi connectivity index (χ3v) is 7.71. The number of hydrogen-bond donors (Lipinski definition) is 1. The van der Waals surface area contributed by atoms with Gasteiger partial charge in [-0.1, -0.05) is 48.0 Å². The number of carboxylic acids is 1. The molecule has 10 heteroatoms. The van der Waals surface area contributed by atoms with Gasteiger partial charge in [-0.2, -0.15) is 4.31 Å². The van der Waals surface area contributed by atoms with Gasteiger partial charge in [0.15, 0.2) is 11.6 Å². The van der Waals surface area contributed by atoms with E-state index in [2.05, 4.69) is 0 Å². The quantitative estimate of drug-likeness (QED) is 0.462. The zero-order valence-electron chi connectivity index (χ0n) is 17.7. The first-order valence-corrected chi connectivity index (χ1v) is 12.3. The second-order valence-corrected chi connectivity index (χ2v) is 10.3. The molecule has 1 fully saturated rings. The Bertz CT molecular complexity index is 1330. The average Bonchev–Trinajstić information content (AvgIpc) is 3.10. The number of nitrogens with zero attached hydrogens (tertiary/aromatic N) is 1. The average molecular weight is 508 g/mol. The fourth-order valence-electron chi connectivity index (χ4n) is 3.81. The van der Waals surface area contributed by atoms with E-state index in [1.807, 2.05) is 6.07 Å². The number of carboxylic acid groups (broad SMARTS) is 1. The molecule has 0 radical (unpaired) electrons. The van der Waals surface area contributed by atoms with Crippen LogP contribution in [-0.4, -0.2) is 35.6 Å². The first-order valence-electron chi connectivity index (χ1n) is 10.3. The van der Waals surface area contributed by atoms with Crippen LogP contribution in [-0.2, 0) is 28.0 Å². The van der Waals surface area contributed by atoms with Crippen molar-refractivity contribution in [2.24, 2.45) is 0 Å². The Labute approximate surface area is 200 Å². The molecule has 0 aromatic heterocycles. The zero-order valence-corrected chi connectivity index (χ0v) is 19.3. The third-order valence-electron chi connectivity index (χ3n) is 5.55. The van der Waals surface area contributed by atoms with E-state index < -0.39 is 33.7 Å². The SMILES string of the molecule is O=C(O)[C@H]1CCS(=O)(=O)N1Cc1cccc(COc2ccc(-c3cc(F)c(F)cc3Cl)cc2)c1. The molecule has 0 unspecified atom stereocenters. The summed E-state index contributed by atoms with van der Waals surface area (Å²) in [6.45, 7) is 0.158. The normalized spacial score (nSPS) is 17.6. The highest BCUT2D eigenvalue weighted by atomic mass is 35.5. The highest BCUT2D eigenvalue weighted by Gasteiger charge is 2.41. The van der Waals surface area contributed by atoms with Crippen molar-refractivity contribution in [2.45, 2.75) is 25.6 Å². The van der Waals surface area contributed by atoms with Crippen molar-refractivity contribution in [3.63, 3.8) is 0 Å². The zero-order chi connectivity index (χ0) is 24.5. The van der Waals surface area contributed by atoms with Crippen molar-refractivity contribution in [2.75, 3.05) is 5.75 Å². The van der Waals surface area contributed by atoms with Gasteiger partial charge in [0.05, 0.1) is 10.8 Å². The minimum absolute atomic E-state index is 0.0309. The van der Waals surface area contributed by atoms with Gasteiger partial charge in [-0.15, -0.1) is 0 Å². The van der Waals surface area contributed by atoms with E-state index in [0.717, 1.165) is 22.0 Å². The summed E-state index contributed by atoms with van der Waals surface area (Å²) in [5.74, 6) is -2.82. The monoisotopic (exact) mass is 507 g/mol. The van der Waals surface area contributed by atoms with Crippen molar-refractivity contribution in [3.05, 3.63) is 88.4 Å². The van der Waals surface area contributed by atoms with Gasteiger partial charge in [0.25, 0.3) is 0 Å². The summed E-state index contributed by atoms with van der Waals surface area (Å²) in [5.41, 5.74) is 2.38. The Balaban J connectivity index is 1.43. The first-order chi connectivity index (χ1) is 16.1. The van der Waals surface area contributed by atoms with Crippen molar-refractivity contribution < 1.29 is 31.8 Å². The fraction of sp³-hybridized carbons (Fsp3) is 0.208. The van der Waals surface area contributed by atoms with E-state index in [-0.39, 0.29) is 30.3 Å². The van der Waals surface area contributed by atoms with Gasteiger partial charge in [0.1, 0.15) is 18.4 Å². The van der Waals surface area contributed by atoms with Gasteiger partial charge in [0.2, 0.25) is 10.0 Å². The number of benzene rings is 3. The smallest absolute Gasteiger partial charge is 0.322 e. The van der Waals surface area contributed by atoms with Crippen molar-refractivity contribution >= 4 is 27.6 Å². The number of ether oxygens (including phenoxy) is 1. The summed E-state index contributed by atoms with van der Waals surface area (Å²) in [6.07, 6.45) is 0.0617. The lowest BCUT2D eigenvalue weighted by atomic mass is 10.1. The molecule has 0 bridgehead atoms. The predicted octanol–water partition coefficient (Wildman–Crippen LogP) is 4.85. The highest BCUT2D eigenvalue weighted by Crippen LogP contribution is 2.31. The molecule has 1 atom stereocenters. The van der Waals surface area contributed by atoms with Gasteiger partial charge >= 0.3 is 5.97 Å². The maximum Gasteiger partial charge on any atom is 0.322 e. The van der Waals surface area contributed by atoms with Crippen molar-refractivity contribution in [1.82, 2.24) is 4.31 Å². The summed E-state index contributed by atoms with van der Waals surface area (Å²) in [6, 6.07) is 14.7. The Hall–Kier alpha value is -3.01. The molecule has 1 heterocycles. The highest BCUT2D eigenvalue weighted by molar-refractivity contribution is 7.89. The third kappa shape index (κ3) is 5.22. The lowest BCUT2D eigenvalue weighted by Crippen LogP contribution is -2.37. The molecule has 4 rings (SSSR count). The maximum atomic E-state index is 13.6. The number of carbonyl (C=O) groups is 1. The van der Waals surface area contributed by atoms with E-state index in [9.17, 15) is 27.1 Å². The topological polar surface area (TPSA) is 83.9 Å². The van der Waals surface area contributed by atoms with E-state index in [0.29, 0.717) is 22.4 Å². The Morgan fingerprint density at radius 1 is 1.06 bits per heavy atom. The van der Waals surface area contributed by atoms with E-state index in [1.54, 1.807) is 42.5 Å². The molecule has 34 heavy (non-hydrogen) atoms. The van der Waals surface area contributed by atoms with Crippen LogP contribution < -0.4 is 4.74 Å². The second kappa shape index (κ2) is 9.69. The Morgan fingerprint density at radius 2 is 1.74 bits per heavy atom. The lowest BCUT2D eigenvalue weighted by molar-refractivity contribution is -0.141. The molecule has 0 amide bonds. The molecular weight excluding hydrogens is 488 g/mol. The number of hydrogen-bond acceptors (Lipinski definition) is 4. The van der Waals surface area contributed by atoms with Gasteiger partial charge in [-0.25, -0.2) is 17.2 Å². The molecule has 0 aliphatic carbocycles. The summed E-state index contributed by atoms with van der Waals surface area (Å²) in [4.78, 5) is 11.4. The number of halogens is 3. The molecular formula is C24H20ClF2NO5S. The minimum atomic E-state index is -3.62. The summed E-state index contributed by atoms with van der Waals surface area (Å²) in [5, 5.41) is 9.42. The van der Waals surface area contributed by atoms with Gasteiger partial charge in [-0.3, -0.25) is 4.79 Å². The van der Waals surface area contributed by atoms with E-state index in [4.69, 9.17) is 16.3 Å². The van der Waals surface area contributed by atoms with Crippen LogP contribution in [0.1, 0.15) is 17.5 Å². The minimum Gasteiger partial charge on any atom is -0.489 e. The molecule has 178 valence electrons. The fourth-order valence-corrected chi connectivity index (χ4v) is 5.75. The van der Waals surface area contributed by atoms with Crippen molar-refractivity contribution in [3.8, 4) is 16.9 Å². The number of sulfonamides is 1. The van der Waals surface area contributed by atoms with Crippen LogP contribution in [0.2, 0.25) is 5.02 Å². The van der Waals surface area contributed by atoms with Crippen LogP contribution in [0.5, 0.6) is 5.75 Å². The predicted molar refractivity (Wildman–Crippen MR) is 123 cm³/mol. The second-order valence-electron chi connectivity index (χ2n) is 7.88. The van der Waals surface area contributed by atoms with Crippen LogP contribution in [0.15, 0.2) is 60.7 Å². The van der Waals surface area contributed by atoms with E-state index in [1.165, 1.54) is 0 Å². The molecule has 6 nitrogen and oxygen atoms in total. The summed E-state index contributed by atoms with van der Waals surface area (Å²) >= 11 is 6.03. The summed E-state index contributed by atoms with van der Waals surface area (Å²) < 4.78 is 58.2. The molecule has 1 N–H and O–H groups in total. The molecule has 0 saturated carbocycles. The molecule has 1 saturated heterocycles. The summed E-state index contributed by atoms with van der Waals surface area (Å²) in [7, 11) is -3.62. The number of rotatable bonds is 7. The van der Waals surface area contributed by atoms with Crippen LogP contribution in [0.3, 0.4) is 0 Å². The van der Waals surface area contributed by atoms with Crippen LogP contribution >= 0.6 is 11.6 Å². The molecule has 3 aromatic carbocycles. The lowest BCUT2D eigenvalue weighted by Gasteiger charge is -2.20. The van der Waals surface area contributed by atoms with Gasteiger partial charge < -0.3 is 9.84 Å². The van der Waals surface area contributed by atoms with Crippen molar-refractivity contribution in [1.29, 1.82) is 0 Å². The first kappa shape index (κ1) is 24.1. The maximum absolute atomic E-state index is 13.6. The largest absolute Gasteiger partial charge is 0.489 e. The Morgan fingerprint density at radius 3 is 2.44 bits per heavy atom. The van der Waals surface area contributed by atoms with E-state index >= 15 is 0 Å². The standard InChI is InChI=1S/C24H20ClF2NO5S/c25-20-12-22(27)21(26)11-19(20)17-4-6-18(7-5-17)33-14-16-3-1-2-15(10-16)13-28-23(24(29)30)8-9-34(28,31)32/h1-7,10-12,23H,8-9,13-14H2,(H,29,30)/t23-/m1/s1. The van der Waals surface area contributed by atoms with Gasteiger partial charge in [0, 0.05) is 12.1 Å². The molecule has 0 spiro atoms. The molecule has 1 aliphatic heterocycles. The Kier molecular flexibility index (Phi) is 6.88. The molecule has 1 aliphatic rings. The van der Waals surface area contributed by atoms with Crippen LogP contribution in [0.25, 0.3) is 11.1 Å². The molecule has 3 aromatic rings. The van der Waals surface area contributed by atoms with Gasteiger partial charge in [-0.05, 0) is 47.4 Å². The van der Waals surface area contributed by atoms with Crippen LogP contribution in [0.4, 0.5) is 8.78 Å². The number of aliphatic carboxylic acids is 1.